The van der Waals surface area contributed by atoms with Gasteiger partial charge in [0.1, 0.15) is 12.3 Å². The minimum atomic E-state index is -4.08. The zero-order chi connectivity index (χ0) is 25.9. The Bertz CT molecular complexity index is 1370. The molecule has 3 aromatic rings. The number of carbonyl (C=O) groups excluding carboxylic acids is 2. The molecule has 4 rings (SSSR count). The number of methoxy groups -OCH3 is 1. The minimum Gasteiger partial charge on any atom is -0.495 e. The van der Waals surface area contributed by atoms with Crippen molar-refractivity contribution in [2.75, 3.05) is 34.7 Å². The molecule has 0 spiro atoms. The molecule has 9 heteroatoms. The standard InChI is InChI=1S/C27H29N3O5S/c1-19-6-13-23(14-7-19)36(33,34)30(24-17-20(2)8-15-25(24)35-3)18-26(31)28-21-9-11-22(12-10-21)29-16-4-5-27(29)32/h6-15,17H,4-5,16,18H2,1-3H3,(H,28,31). The van der Waals surface area contributed by atoms with Crippen LogP contribution in [0.5, 0.6) is 5.75 Å². The van der Waals surface area contributed by atoms with Gasteiger partial charge in [-0.3, -0.25) is 13.9 Å². The van der Waals surface area contributed by atoms with E-state index in [9.17, 15) is 18.0 Å². The van der Waals surface area contributed by atoms with Crippen LogP contribution in [0.2, 0.25) is 0 Å². The summed E-state index contributed by atoms with van der Waals surface area (Å²) in [6.45, 7) is 3.93. The highest BCUT2D eigenvalue weighted by Gasteiger charge is 2.30. The second-order valence-corrected chi connectivity index (χ2v) is 10.6. The Morgan fingerprint density at radius 2 is 1.67 bits per heavy atom. The van der Waals surface area contributed by atoms with Gasteiger partial charge in [0.25, 0.3) is 10.0 Å². The van der Waals surface area contributed by atoms with Gasteiger partial charge in [0.2, 0.25) is 11.8 Å². The van der Waals surface area contributed by atoms with Crippen molar-refractivity contribution in [1.82, 2.24) is 0 Å². The number of rotatable bonds is 8. The molecular formula is C27H29N3O5S. The molecule has 0 bridgehead atoms. The van der Waals surface area contributed by atoms with Crippen LogP contribution in [-0.4, -0.2) is 40.4 Å². The molecule has 8 nitrogen and oxygen atoms in total. The Labute approximate surface area is 211 Å². The summed E-state index contributed by atoms with van der Waals surface area (Å²) in [7, 11) is -2.63. The van der Waals surface area contributed by atoms with Crippen molar-refractivity contribution >= 4 is 38.9 Å². The topological polar surface area (TPSA) is 96.0 Å². The highest BCUT2D eigenvalue weighted by molar-refractivity contribution is 7.92. The fraction of sp³-hybridized carbons (Fsp3) is 0.259. The van der Waals surface area contributed by atoms with Gasteiger partial charge in [-0.1, -0.05) is 23.8 Å². The molecule has 0 aliphatic carbocycles. The summed E-state index contributed by atoms with van der Waals surface area (Å²) in [6, 6.07) is 18.6. The molecule has 0 atom stereocenters. The third-order valence-electron chi connectivity index (χ3n) is 6.04. The van der Waals surface area contributed by atoms with Gasteiger partial charge in [0.05, 0.1) is 17.7 Å². The summed E-state index contributed by atoms with van der Waals surface area (Å²) < 4.78 is 33.9. The summed E-state index contributed by atoms with van der Waals surface area (Å²) in [5.74, 6) is -0.0983. The van der Waals surface area contributed by atoms with E-state index in [4.69, 9.17) is 4.74 Å². The molecule has 1 aliphatic heterocycles. The summed E-state index contributed by atoms with van der Waals surface area (Å²) in [4.78, 5) is 26.9. The van der Waals surface area contributed by atoms with Crippen molar-refractivity contribution < 1.29 is 22.7 Å². The van der Waals surface area contributed by atoms with E-state index in [1.54, 1.807) is 53.4 Å². The van der Waals surface area contributed by atoms with E-state index in [-0.39, 0.29) is 16.5 Å². The molecule has 0 radical (unpaired) electrons. The fourth-order valence-electron chi connectivity index (χ4n) is 4.11. The second-order valence-electron chi connectivity index (χ2n) is 8.74. The van der Waals surface area contributed by atoms with E-state index < -0.39 is 22.5 Å². The molecule has 1 fully saturated rings. The normalized spacial score (nSPS) is 13.5. The Balaban J connectivity index is 1.62. The van der Waals surface area contributed by atoms with Gasteiger partial charge < -0.3 is 15.0 Å². The lowest BCUT2D eigenvalue weighted by Gasteiger charge is -2.26. The second kappa shape index (κ2) is 10.4. The maximum atomic E-state index is 13.7. The Kier molecular flexibility index (Phi) is 7.30. The van der Waals surface area contributed by atoms with E-state index in [0.29, 0.717) is 24.4 Å². The Morgan fingerprint density at radius 3 is 2.28 bits per heavy atom. The third kappa shape index (κ3) is 5.36. The molecule has 0 unspecified atom stereocenters. The monoisotopic (exact) mass is 507 g/mol. The number of sulfonamides is 1. The van der Waals surface area contributed by atoms with Gasteiger partial charge in [0, 0.05) is 24.3 Å². The van der Waals surface area contributed by atoms with Crippen molar-refractivity contribution in [3.8, 4) is 5.75 Å². The zero-order valence-electron chi connectivity index (χ0n) is 20.5. The lowest BCUT2D eigenvalue weighted by Crippen LogP contribution is -2.38. The van der Waals surface area contributed by atoms with Gasteiger partial charge >= 0.3 is 0 Å². The summed E-state index contributed by atoms with van der Waals surface area (Å²) in [5, 5.41) is 2.77. The predicted octanol–water partition coefficient (Wildman–Crippen LogP) is 4.27. The van der Waals surface area contributed by atoms with Gasteiger partial charge in [-0.2, -0.15) is 0 Å². The van der Waals surface area contributed by atoms with E-state index in [2.05, 4.69) is 5.32 Å². The van der Waals surface area contributed by atoms with E-state index in [0.717, 1.165) is 27.5 Å². The van der Waals surface area contributed by atoms with Crippen molar-refractivity contribution in [2.24, 2.45) is 0 Å². The molecule has 3 aromatic carbocycles. The van der Waals surface area contributed by atoms with Gasteiger partial charge in [0.15, 0.2) is 0 Å². The maximum Gasteiger partial charge on any atom is 0.264 e. The first-order valence-electron chi connectivity index (χ1n) is 11.6. The van der Waals surface area contributed by atoms with Crippen LogP contribution >= 0.6 is 0 Å². The molecule has 0 saturated carbocycles. The van der Waals surface area contributed by atoms with E-state index in [1.807, 2.05) is 19.9 Å². The van der Waals surface area contributed by atoms with Gasteiger partial charge in [-0.05, 0) is 74.4 Å². The van der Waals surface area contributed by atoms with E-state index in [1.165, 1.54) is 19.2 Å². The van der Waals surface area contributed by atoms with Crippen molar-refractivity contribution in [3.05, 3.63) is 77.9 Å². The number of nitrogens with zero attached hydrogens (tertiary/aromatic N) is 2. The first-order valence-corrected chi connectivity index (χ1v) is 13.1. The largest absolute Gasteiger partial charge is 0.495 e. The molecule has 188 valence electrons. The number of carbonyl (C=O) groups is 2. The highest BCUT2D eigenvalue weighted by atomic mass is 32.2. The maximum absolute atomic E-state index is 13.7. The van der Waals surface area contributed by atoms with Crippen molar-refractivity contribution in [2.45, 2.75) is 31.6 Å². The average Bonchev–Trinajstić information content (AvgIpc) is 3.29. The highest BCUT2D eigenvalue weighted by Crippen LogP contribution is 2.33. The minimum absolute atomic E-state index is 0.0732. The third-order valence-corrected chi connectivity index (χ3v) is 7.81. The fourth-order valence-corrected chi connectivity index (χ4v) is 5.53. The van der Waals surface area contributed by atoms with Crippen LogP contribution in [0.3, 0.4) is 0 Å². The number of anilines is 3. The number of ether oxygens (including phenoxy) is 1. The number of aryl methyl sites for hydroxylation is 2. The van der Waals surface area contributed by atoms with Crippen LogP contribution in [0, 0.1) is 13.8 Å². The average molecular weight is 508 g/mol. The first kappa shape index (κ1) is 25.2. The SMILES string of the molecule is COc1ccc(C)cc1N(CC(=O)Nc1ccc(N2CCCC2=O)cc1)S(=O)(=O)c1ccc(C)cc1. The number of amides is 2. The van der Waals surface area contributed by atoms with Crippen LogP contribution in [0.15, 0.2) is 71.6 Å². The van der Waals surface area contributed by atoms with Crippen molar-refractivity contribution in [1.29, 1.82) is 0 Å². The van der Waals surface area contributed by atoms with Crippen LogP contribution in [0.25, 0.3) is 0 Å². The Hall–Kier alpha value is -3.85. The molecule has 1 aliphatic rings. The number of hydrogen-bond donors (Lipinski definition) is 1. The molecule has 1 saturated heterocycles. The van der Waals surface area contributed by atoms with Crippen molar-refractivity contribution in [3.63, 3.8) is 0 Å². The molecule has 1 N–H and O–H groups in total. The summed E-state index contributed by atoms with van der Waals surface area (Å²) >= 11 is 0. The summed E-state index contributed by atoms with van der Waals surface area (Å²) in [6.07, 6.45) is 1.36. The van der Waals surface area contributed by atoms with Gasteiger partial charge in [-0.15, -0.1) is 0 Å². The smallest absolute Gasteiger partial charge is 0.264 e. The summed E-state index contributed by atoms with van der Waals surface area (Å²) in [5.41, 5.74) is 3.28. The first-order chi connectivity index (χ1) is 17.2. The van der Waals surface area contributed by atoms with Crippen LogP contribution in [-0.2, 0) is 19.6 Å². The molecule has 0 aromatic heterocycles. The molecule has 36 heavy (non-hydrogen) atoms. The molecule has 2 amide bonds. The quantitative estimate of drug-likeness (QED) is 0.491. The lowest BCUT2D eigenvalue weighted by atomic mass is 10.2. The Morgan fingerprint density at radius 1 is 1.00 bits per heavy atom. The number of nitrogens with one attached hydrogen (secondary N) is 1. The lowest BCUT2D eigenvalue weighted by molar-refractivity contribution is -0.117. The number of hydrogen-bond acceptors (Lipinski definition) is 5. The van der Waals surface area contributed by atoms with Crippen LogP contribution in [0.1, 0.15) is 24.0 Å². The number of benzene rings is 3. The van der Waals surface area contributed by atoms with Gasteiger partial charge in [-0.25, -0.2) is 8.42 Å². The molecular weight excluding hydrogens is 478 g/mol. The van der Waals surface area contributed by atoms with Crippen LogP contribution < -0.4 is 19.3 Å². The molecule has 1 heterocycles. The van der Waals surface area contributed by atoms with Crippen LogP contribution in [0.4, 0.5) is 17.1 Å². The van der Waals surface area contributed by atoms with E-state index >= 15 is 0 Å². The predicted molar refractivity (Wildman–Crippen MR) is 140 cm³/mol. The zero-order valence-corrected chi connectivity index (χ0v) is 21.3.